The van der Waals surface area contributed by atoms with Crippen molar-refractivity contribution in [2.75, 3.05) is 6.54 Å². The SMILES string of the molecule is CCCCNC(=O)[C@H](Cc1ccccc1)N(Cc1ccccc1C)C(=O)Cc1ccccc1[N+](=O)[O-]. The molecule has 7 nitrogen and oxygen atoms in total. The zero-order chi connectivity index (χ0) is 25.9. The number of aryl methyl sites for hydroxylation is 1. The van der Waals surface area contributed by atoms with E-state index in [1.807, 2.05) is 68.4 Å². The zero-order valence-electron chi connectivity index (χ0n) is 20.9. The first-order valence-corrected chi connectivity index (χ1v) is 12.3. The summed E-state index contributed by atoms with van der Waals surface area (Å²) < 4.78 is 0. The minimum absolute atomic E-state index is 0.103. The van der Waals surface area contributed by atoms with Gasteiger partial charge in [-0.15, -0.1) is 0 Å². The lowest BCUT2D eigenvalue weighted by molar-refractivity contribution is -0.385. The van der Waals surface area contributed by atoms with E-state index in [0.29, 0.717) is 18.5 Å². The molecule has 0 aliphatic rings. The quantitative estimate of drug-likeness (QED) is 0.221. The number of nitrogens with one attached hydrogen (secondary N) is 1. The molecule has 0 saturated carbocycles. The van der Waals surface area contributed by atoms with Gasteiger partial charge in [-0.25, -0.2) is 0 Å². The van der Waals surface area contributed by atoms with Gasteiger partial charge in [-0.05, 0) is 30.0 Å². The predicted molar refractivity (Wildman–Crippen MR) is 140 cm³/mol. The van der Waals surface area contributed by atoms with E-state index in [9.17, 15) is 19.7 Å². The number of benzene rings is 3. The Hall–Kier alpha value is -4.00. The lowest BCUT2D eigenvalue weighted by Crippen LogP contribution is -2.51. The molecule has 3 aromatic rings. The van der Waals surface area contributed by atoms with Crippen LogP contribution in [0.1, 0.15) is 42.0 Å². The molecule has 0 aliphatic heterocycles. The normalized spacial score (nSPS) is 11.5. The molecule has 3 aromatic carbocycles. The fourth-order valence-corrected chi connectivity index (χ4v) is 4.13. The van der Waals surface area contributed by atoms with Crippen LogP contribution in [0.2, 0.25) is 0 Å². The van der Waals surface area contributed by atoms with Gasteiger partial charge in [0.2, 0.25) is 11.8 Å². The van der Waals surface area contributed by atoms with Crippen molar-refractivity contribution in [3.63, 3.8) is 0 Å². The van der Waals surface area contributed by atoms with Crippen LogP contribution in [0.4, 0.5) is 5.69 Å². The van der Waals surface area contributed by atoms with Gasteiger partial charge in [-0.3, -0.25) is 19.7 Å². The van der Waals surface area contributed by atoms with Crippen molar-refractivity contribution in [1.82, 2.24) is 10.2 Å². The smallest absolute Gasteiger partial charge is 0.273 e. The fourth-order valence-electron chi connectivity index (χ4n) is 4.13. The van der Waals surface area contributed by atoms with Crippen LogP contribution < -0.4 is 5.32 Å². The number of amides is 2. The second kappa shape index (κ2) is 13.2. The molecule has 0 spiro atoms. The lowest BCUT2D eigenvalue weighted by atomic mass is 10.00. The summed E-state index contributed by atoms with van der Waals surface area (Å²) in [5.41, 5.74) is 3.08. The Balaban J connectivity index is 2.00. The third kappa shape index (κ3) is 7.25. The molecule has 0 saturated heterocycles. The standard InChI is InChI=1S/C29H33N3O4/c1-3-4-18-30-29(34)27(19-23-13-6-5-7-14-23)31(21-25-16-9-8-12-22(25)2)28(33)20-24-15-10-11-17-26(24)32(35)36/h5-17,27H,3-4,18-21H2,1-2H3,(H,30,34)/t27-/m0/s1. The maximum Gasteiger partial charge on any atom is 0.273 e. The summed E-state index contributed by atoms with van der Waals surface area (Å²) in [6, 6.07) is 22.8. The molecule has 0 aromatic heterocycles. The third-order valence-electron chi connectivity index (χ3n) is 6.23. The highest BCUT2D eigenvalue weighted by atomic mass is 16.6. The first kappa shape index (κ1) is 26.6. The molecule has 0 aliphatic carbocycles. The molecule has 36 heavy (non-hydrogen) atoms. The molecular weight excluding hydrogens is 454 g/mol. The number of hydrogen-bond acceptors (Lipinski definition) is 4. The van der Waals surface area contributed by atoms with E-state index in [1.54, 1.807) is 23.1 Å². The Labute approximate surface area is 212 Å². The van der Waals surface area contributed by atoms with Gasteiger partial charge in [0, 0.05) is 31.1 Å². The Morgan fingerprint density at radius 3 is 2.25 bits per heavy atom. The minimum Gasteiger partial charge on any atom is -0.354 e. The van der Waals surface area contributed by atoms with Gasteiger partial charge in [0.05, 0.1) is 11.3 Å². The summed E-state index contributed by atoms with van der Waals surface area (Å²) in [5.74, 6) is -0.559. The summed E-state index contributed by atoms with van der Waals surface area (Å²) in [5, 5.41) is 14.5. The maximum absolute atomic E-state index is 13.8. The van der Waals surface area contributed by atoms with Crippen LogP contribution in [0.3, 0.4) is 0 Å². The molecule has 188 valence electrons. The monoisotopic (exact) mass is 487 g/mol. The first-order chi connectivity index (χ1) is 17.4. The van der Waals surface area contributed by atoms with Crippen LogP contribution in [0, 0.1) is 17.0 Å². The third-order valence-corrected chi connectivity index (χ3v) is 6.23. The van der Waals surface area contributed by atoms with Crippen molar-refractivity contribution in [3.05, 3.63) is 111 Å². The van der Waals surface area contributed by atoms with Crippen LogP contribution >= 0.6 is 0 Å². The van der Waals surface area contributed by atoms with Crippen molar-refractivity contribution in [3.8, 4) is 0 Å². The lowest BCUT2D eigenvalue weighted by Gasteiger charge is -2.32. The Bertz CT molecular complexity index is 1180. The van der Waals surface area contributed by atoms with Gasteiger partial charge in [0.1, 0.15) is 6.04 Å². The molecule has 0 fully saturated rings. The van der Waals surface area contributed by atoms with Crippen molar-refractivity contribution >= 4 is 17.5 Å². The topological polar surface area (TPSA) is 92.6 Å². The number of para-hydroxylation sites is 1. The van der Waals surface area contributed by atoms with Gasteiger partial charge < -0.3 is 10.2 Å². The summed E-state index contributed by atoms with van der Waals surface area (Å²) in [4.78, 5) is 39.9. The molecule has 0 bridgehead atoms. The van der Waals surface area contributed by atoms with Crippen LogP contribution in [-0.2, 0) is 29.0 Å². The number of rotatable bonds is 12. The van der Waals surface area contributed by atoms with Crippen LogP contribution in [0.15, 0.2) is 78.9 Å². The Morgan fingerprint density at radius 2 is 1.58 bits per heavy atom. The van der Waals surface area contributed by atoms with Crippen molar-refractivity contribution < 1.29 is 14.5 Å². The predicted octanol–water partition coefficient (Wildman–Crippen LogP) is 5.00. The molecule has 0 unspecified atom stereocenters. The molecule has 2 amide bonds. The van der Waals surface area contributed by atoms with Gasteiger partial charge in [-0.1, -0.05) is 86.1 Å². The van der Waals surface area contributed by atoms with E-state index in [0.717, 1.165) is 29.5 Å². The summed E-state index contributed by atoms with van der Waals surface area (Å²) >= 11 is 0. The summed E-state index contributed by atoms with van der Waals surface area (Å²) in [7, 11) is 0. The highest BCUT2D eigenvalue weighted by molar-refractivity contribution is 5.89. The number of carbonyl (C=O) groups excluding carboxylic acids is 2. The van der Waals surface area contributed by atoms with Crippen LogP contribution in [0.5, 0.6) is 0 Å². The van der Waals surface area contributed by atoms with Crippen LogP contribution in [0.25, 0.3) is 0 Å². The zero-order valence-corrected chi connectivity index (χ0v) is 20.9. The number of nitro benzene ring substituents is 1. The Kier molecular flexibility index (Phi) is 9.74. The van der Waals surface area contributed by atoms with Crippen molar-refractivity contribution in [2.24, 2.45) is 0 Å². The molecular formula is C29H33N3O4. The summed E-state index contributed by atoms with van der Waals surface area (Å²) in [6.07, 6.45) is 1.95. The Morgan fingerprint density at radius 1 is 0.944 bits per heavy atom. The molecule has 1 atom stereocenters. The number of hydrogen-bond donors (Lipinski definition) is 1. The van der Waals surface area contributed by atoms with Crippen molar-refractivity contribution in [1.29, 1.82) is 0 Å². The molecule has 3 rings (SSSR count). The fraction of sp³-hybridized carbons (Fsp3) is 0.310. The number of unbranched alkanes of at least 4 members (excludes halogenated alkanes) is 1. The average molecular weight is 488 g/mol. The number of nitro groups is 1. The molecule has 0 radical (unpaired) electrons. The van der Waals surface area contributed by atoms with E-state index in [1.165, 1.54) is 6.07 Å². The van der Waals surface area contributed by atoms with Crippen molar-refractivity contribution in [2.45, 2.75) is 52.1 Å². The average Bonchev–Trinajstić information content (AvgIpc) is 2.88. The minimum atomic E-state index is -0.765. The van der Waals surface area contributed by atoms with E-state index < -0.39 is 11.0 Å². The van der Waals surface area contributed by atoms with Crippen LogP contribution in [-0.4, -0.2) is 34.2 Å². The second-order valence-electron chi connectivity index (χ2n) is 8.86. The largest absolute Gasteiger partial charge is 0.354 e. The molecule has 1 N–H and O–H groups in total. The number of carbonyl (C=O) groups is 2. The van der Waals surface area contributed by atoms with E-state index >= 15 is 0 Å². The highest BCUT2D eigenvalue weighted by Crippen LogP contribution is 2.22. The highest BCUT2D eigenvalue weighted by Gasteiger charge is 2.31. The molecule has 7 heteroatoms. The first-order valence-electron chi connectivity index (χ1n) is 12.3. The second-order valence-corrected chi connectivity index (χ2v) is 8.86. The van der Waals surface area contributed by atoms with Gasteiger partial charge in [0.15, 0.2) is 0 Å². The summed E-state index contributed by atoms with van der Waals surface area (Å²) in [6.45, 7) is 4.77. The van der Waals surface area contributed by atoms with Gasteiger partial charge in [0.25, 0.3) is 5.69 Å². The van der Waals surface area contributed by atoms with E-state index in [-0.39, 0.29) is 30.5 Å². The van der Waals surface area contributed by atoms with E-state index in [2.05, 4.69) is 5.32 Å². The molecule has 0 heterocycles. The van der Waals surface area contributed by atoms with Gasteiger partial charge >= 0.3 is 0 Å². The maximum atomic E-state index is 13.8. The number of nitrogens with zero attached hydrogens (tertiary/aromatic N) is 2. The van der Waals surface area contributed by atoms with Gasteiger partial charge in [-0.2, -0.15) is 0 Å². The van der Waals surface area contributed by atoms with E-state index in [4.69, 9.17) is 0 Å².